The molecular formula is C15H19NO5. The van der Waals surface area contributed by atoms with Crippen molar-refractivity contribution in [2.75, 3.05) is 13.2 Å². The molecule has 6 nitrogen and oxygen atoms in total. The largest absolute Gasteiger partial charge is 0.481 e. The van der Waals surface area contributed by atoms with Crippen molar-refractivity contribution >= 4 is 11.9 Å². The second-order valence-corrected chi connectivity index (χ2v) is 5.37. The minimum absolute atomic E-state index is 0.0845. The number of carbonyl (C=O) groups excluding carboxylic acids is 1. The number of carboxylic acids is 1. The zero-order chi connectivity index (χ0) is 15.5. The second kappa shape index (κ2) is 6.13. The van der Waals surface area contributed by atoms with Crippen LogP contribution in [-0.2, 0) is 14.3 Å². The molecule has 3 unspecified atom stereocenters. The van der Waals surface area contributed by atoms with Gasteiger partial charge in [-0.1, -0.05) is 18.2 Å². The summed E-state index contributed by atoms with van der Waals surface area (Å²) in [5.74, 6) is -0.757. The number of benzene rings is 1. The number of hydrogen-bond acceptors (Lipinski definition) is 4. The van der Waals surface area contributed by atoms with Gasteiger partial charge in [-0.2, -0.15) is 0 Å². The summed E-state index contributed by atoms with van der Waals surface area (Å²) in [6.07, 6.45) is -0.717. The van der Waals surface area contributed by atoms with Crippen LogP contribution in [0.2, 0.25) is 0 Å². The molecule has 1 saturated heterocycles. The number of amides is 1. The Morgan fingerprint density at radius 3 is 2.71 bits per heavy atom. The van der Waals surface area contributed by atoms with E-state index in [-0.39, 0.29) is 19.1 Å². The van der Waals surface area contributed by atoms with E-state index < -0.39 is 23.5 Å². The number of rotatable bonds is 5. The van der Waals surface area contributed by atoms with Gasteiger partial charge in [0.25, 0.3) is 5.91 Å². The van der Waals surface area contributed by atoms with E-state index >= 15 is 0 Å². The molecule has 2 N–H and O–H groups in total. The van der Waals surface area contributed by atoms with Crippen molar-refractivity contribution in [2.24, 2.45) is 5.41 Å². The minimum Gasteiger partial charge on any atom is -0.481 e. The standard InChI is InChI=1S/C15H19NO5/c1-10(21-11-6-4-3-5-7-11)13(17)16-12-8-20-9-15(12,2)14(18)19/h3-7,10,12H,8-9H2,1-2H3,(H,16,17)(H,18,19). The van der Waals surface area contributed by atoms with Crippen molar-refractivity contribution in [2.45, 2.75) is 26.0 Å². The van der Waals surface area contributed by atoms with E-state index in [1.807, 2.05) is 18.2 Å². The van der Waals surface area contributed by atoms with E-state index in [1.165, 1.54) is 0 Å². The van der Waals surface area contributed by atoms with Crippen LogP contribution in [0.4, 0.5) is 0 Å². The molecule has 114 valence electrons. The summed E-state index contributed by atoms with van der Waals surface area (Å²) in [7, 11) is 0. The maximum atomic E-state index is 12.1. The topological polar surface area (TPSA) is 84.9 Å². The zero-order valence-corrected chi connectivity index (χ0v) is 12.0. The Morgan fingerprint density at radius 2 is 2.10 bits per heavy atom. The number of carbonyl (C=O) groups is 2. The Balaban J connectivity index is 1.96. The number of para-hydroxylation sites is 1. The van der Waals surface area contributed by atoms with Crippen molar-refractivity contribution in [1.29, 1.82) is 0 Å². The summed E-state index contributed by atoms with van der Waals surface area (Å²) >= 11 is 0. The lowest BCUT2D eigenvalue weighted by molar-refractivity contribution is -0.149. The highest BCUT2D eigenvalue weighted by atomic mass is 16.5. The summed E-state index contributed by atoms with van der Waals surface area (Å²) in [6, 6.07) is 8.42. The smallest absolute Gasteiger partial charge is 0.313 e. The maximum Gasteiger partial charge on any atom is 0.313 e. The Labute approximate surface area is 123 Å². The summed E-state index contributed by atoms with van der Waals surface area (Å²) in [4.78, 5) is 23.4. The van der Waals surface area contributed by atoms with E-state index in [2.05, 4.69) is 5.32 Å². The first-order valence-electron chi connectivity index (χ1n) is 6.76. The second-order valence-electron chi connectivity index (χ2n) is 5.37. The fourth-order valence-electron chi connectivity index (χ4n) is 2.13. The van der Waals surface area contributed by atoms with Crippen LogP contribution in [0.3, 0.4) is 0 Å². The highest BCUT2D eigenvalue weighted by molar-refractivity contribution is 5.83. The molecule has 2 rings (SSSR count). The molecule has 6 heteroatoms. The van der Waals surface area contributed by atoms with Crippen LogP contribution < -0.4 is 10.1 Å². The molecule has 1 aliphatic rings. The summed E-state index contributed by atoms with van der Waals surface area (Å²) in [6.45, 7) is 3.46. The van der Waals surface area contributed by atoms with Crippen LogP contribution in [0.5, 0.6) is 5.75 Å². The highest BCUT2D eigenvalue weighted by Crippen LogP contribution is 2.28. The molecule has 0 aromatic heterocycles. The first-order valence-corrected chi connectivity index (χ1v) is 6.76. The fraction of sp³-hybridized carbons (Fsp3) is 0.467. The monoisotopic (exact) mass is 293 g/mol. The lowest BCUT2D eigenvalue weighted by Gasteiger charge is -2.26. The van der Waals surface area contributed by atoms with Gasteiger partial charge in [-0.25, -0.2) is 0 Å². The molecule has 0 bridgehead atoms. The predicted octanol–water partition coefficient (Wildman–Crippen LogP) is 1.06. The van der Waals surface area contributed by atoms with E-state index in [0.717, 1.165) is 0 Å². The molecule has 1 amide bonds. The molecular weight excluding hydrogens is 274 g/mol. The molecule has 0 saturated carbocycles. The molecule has 0 spiro atoms. The quantitative estimate of drug-likeness (QED) is 0.848. The third kappa shape index (κ3) is 3.33. The third-order valence-corrected chi connectivity index (χ3v) is 3.69. The molecule has 1 aliphatic heterocycles. The van der Waals surface area contributed by atoms with E-state index in [0.29, 0.717) is 5.75 Å². The van der Waals surface area contributed by atoms with Gasteiger partial charge in [-0.3, -0.25) is 9.59 Å². The van der Waals surface area contributed by atoms with Crippen LogP contribution >= 0.6 is 0 Å². The molecule has 0 radical (unpaired) electrons. The van der Waals surface area contributed by atoms with E-state index in [9.17, 15) is 14.7 Å². The Morgan fingerprint density at radius 1 is 1.43 bits per heavy atom. The normalized spacial score (nSPS) is 26.1. The summed E-state index contributed by atoms with van der Waals surface area (Å²) in [5.41, 5.74) is -1.11. The van der Waals surface area contributed by atoms with Crippen LogP contribution in [0.1, 0.15) is 13.8 Å². The van der Waals surface area contributed by atoms with Crippen molar-refractivity contribution < 1.29 is 24.2 Å². The Kier molecular flexibility index (Phi) is 4.47. The van der Waals surface area contributed by atoms with Gasteiger partial charge < -0.3 is 19.9 Å². The lowest BCUT2D eigenvalue weighted by atomic mass is 9.85. The van der Waals surface area contributed by atoms with Gasteiger partial charge >= 0.3 is 5.97 Å². The molecule has 1 heterocycles. The number of carboxylic acid groups (broad SMARTS) is 1. The van der Waals surface area contributed by atoms with Gasteiger partial charge in [-0.05, 0) is 26.0 Å². The number of hydrogen-bond donors (Lipinski definition) is 2. The third-order valence-electron chi connectivity index (χ3n) is 3.69. The van der Waals surface area contributed by atoms with Gasteiger partial charge in [-0.15, -0.1) is 0 Å². The first kappa shape index (κ1) is 15.3. The van der Waals surface area contributed by atoms with Crippen LogP contribution in [0, 0.1) is 5.41 Å². The van der Waals surface area contributed by atoms with Gasteiger partial charge in [0.05, 0.1) is 19.3 Å². The van der Waals surface area contributed by atoms with E-state index in [4.69, 9.17) is 9.47 Å². The first-order chi connectivity index (χ1) is 9.93. The van der Waals surface area contributed by atoms with Crippen LogP contribution in [-0.4, -0.2) is 42.3 Å². The molecule has 21 heavy (non-hydrogen) atoms. The lowest BCUT2D eigenvalue weighted by Crippen LogP contribution is -2.52. The molecule has 1 aromatic rings. The summed E-state index contributed by atoms with van der Waals surface area (Å²) in [5, 5.41) is 12.0. The van der Waals surface area contributed by atoms with Crippen molar-refractivity contribution in [3.05, 3.63) is 30.3 Å². The van der Waals surface area contributed by atoms with Gasteiger partial charge in [0.2, 0.25) is 0 Å². The van der Waals surface area contributed by atoms with Gasteiger partial charge in [0, 0.05) is 0 Å². The molecule has 1 fully saturated rings. The van der Waals surface area contributed by atoms with Crippen molar-refractivity contribution in [3.8, 4) is 5.75 Å². The van der Waals surface area contributed by atoms with Gasteiger partial charge in [0.1, 0.15) is 11.2 Å². The fourth-order valence-corrected chi connectivity index (χ4v) is 2.13. The molecule has 1 aromatic carbocycles. The van der Waals surface area contributed by atoms with Crippen molar-refractivity contribution in [1.82, 2.24) is 5.32 Å². The number of ether oxygens (including phenoxy) is 2. The number of aliphatic carboxylic acids is 1. The van der Waals surface area contributed by atoms with Gasteiger partial charge in [0.15, 0.2) is 6.10 Å². The van der Waals surface area contributed by atoms with Crippen LogP contribution in [0.25, 0.3) is 0 Å². The highest BCUT2D eigenvalue weighted by Gasteiger charge is 2.47. The SMILES string of the molecule is CC(Oc1ccccc1)C(=O)NC1COCC1(C)C(=O)O. The average Bonchev–Trinajstić information content (AvgIpc) is 2.82. The van der Waals surface area contributed by atoms with Crippen LogP contribution in [0.15, 0.2) is 30.3 Å². The molecule has 0 aliphatic carbocycles. The predicted molar refractivity (Wildman–Crippen MR) is 75.0 cm³/mol. The minimum atomic E-state index is -1.11. The average molecular weight is 293 g/mol. The molecule has 3 atom stereocenters. The maximum absolute atomic E-state index is 12.1. The Hall–Kier alpha value is -2.08. The van der Waals surface area contributed by atoms with Crippen molar-refractivity contribution in [3.63, 3.8) is 0 Å². The summed E-state index contributed by atoms with van der Waals surface area (Å²) < 4.78 is 10.7. The Bertz CT molecular complexity index is 518. The zero-order valence-electron chi connectivity index (χ0n) is 12.0. The van der Waals surface area contributed by atoms with E-state index in [1.54, 1.807) is 26.0 Å². The number of nitrogens with one attached hydrogen (secondary N) is 1.